The fourth-order valence-corrected chi connectivity index (χ4v) is 5.34. The van der Waals surface area contributed by atoms with Gasteiger partial charge in [0.2, 0.25) is 0 Å². The molecule has 0 amide bonds. The molecule has 6 aromatic rings. The summed E-state index contributed by atoms with van der Waals surface area (Å²) in [4.78, 5) is 0. The van der Waals surface area contributed by atoms with E-state index in [4.69, 9.17) is 0 Å². The Balaban J connectivity index is 1.54. The first-order chi connectivity index (χ1) is 15.7. The molecule has 152 valence electrons. The lowest BCUT2D eigenvalue weighted by Gasteiger charge is -2.13. The van der Waals surface area contributed by atoms with Gasteiger partial charge in [0.1, 0.15) is 0 Å². The minimum Gasteiger partial charge on any atom is -0.0610 e. The van der Waals surface area contributed by atoms with E-state index in [0.29, 0.717) is 0 Å². The number of halogens is 2. The molecule has 0 bridgehead atoms. The molecule has 0 radical (unpaired) electrons. The second-order valence-corrected chi connectivity index (χ2v) is 9.95. The molecule has 2 heteroatoms. The molecule has 6 rings (SSSR count). The molecule has 32 heavy (non-hydrogen) atoms. The van der Waals surface area contributed by atoms with Gasteiger partial charge in [0, 0.05) is 8.95 Å². The van der Waals surface area contributed by atoms with E-state index < -0.39 is 0 Å². The van der Waals surface area contributed by atoms with Crippen LogP contribution in [-0.4, -0.2) is 0 Å². The Morgan fingerprint density at radius 1 is 0.375 bits per heavy atom. The molecule has 0 aliphatic heterocycles. The van der Waals surface area contributed by atoms with Crippen molar-refractivity contribution < 1.29 is 0 Å². The zero-order valence-corrected chi connectivity index (χ0v) is 20.3. The van der Waals surface area contributed by atoms with Crippen molar-refractivity contribution in [1.82, 2.24) is 0 Å². The maximum Gasteiger partial charge on any atom is 0.0181 e. The van der Waals surface area contributed by atoms with Crippen LogP contribution in [0.1, 0.15) is 0 Å². The van der Waals surface area contributed by atoms with Crippen LogP contribution in [-0.2, 0) is 0 Å². The molecular formula is C30H18Br2. The van der Waals surface area contributed by atoms with E-state index in [1.807, 2.05) is 0 Å². The highest BCUT2D eigenvalue weighted by atomic mass is 79.9. The molecule has 0 saturated heterocycles. The molecule has 0 N–H and O–H groups in total. The second kappa shape index (κ2) is 7.88. The summed E-state index contributed by atoms with van der Waals surface area (Å²) in [6.07, 6.45) is 0. The van der Waals surface area contributed by atoms with Gasteiger partial charge in [-0.3, -0.25) is 0 Å². The van der Waals surface area contributed by atoms with Gasteiger partial charge in [0.05, 0.1) is 0 Å². The molecule has 0 nitrogen and oxygen atoms in total. The summed E-state index contributed by atoms with van der Waals surface area (Å²) in [7, 11) is 0. The van der Waals surface area contributed by atoms with Gasteiger partial charge in [-0.1, -0.05) is 105 Å². The van der Waals surface area contributed by atoms with Crippen molar-refractivity contribution in [3.05, 3.63) is 118 Å². The van der Waals surface area contributed by atoms with Gasteiger partial charge < -0.3 is 0 Å². The number of hydrogen-bond donors (Lipinski definition) is 0. The summed E-state index contributed by atoms with van der Waals surface area (Å²) >= 11 is 7.15. The molecule has 0 aromatic heterocycles. The molecule has 0 aliphatic carbocycles. The van der Waals surface area contributed by atoms with Gasteiger partial charge in [-0.2, -0.15) is 0 Å². The summed E-state index contributed by atoms with van der Waals surface area (Å²) in [5.74, 6) is 0. The van der Waals surface area contributed by atoms with Crippen LogP contribution in [0.4, 0.5) is 0 Å². The zero-order chi connectivity index (χ0) is 21.7. The topological polar surface area (TPSA) is 0 Å². The molecule has 0 unspecified atom stereocenters. The van der Waals surface area contributed by atoms with Gasteiger partial charge in [0.15, 0.2) is 0 Å². The van der Waals surface area contributed by atoms with Gasteiger partial charge in [-0.25, -0.2) is 0 Å². The number of hydrogen-bond acceptors (Lipinski definition) is 0. The Kier molecular flexibility index (Phi) is 4.86. The summed E-state index contributed by atoms with van der Waals surface area (Å²) in [6.45, 7) is 0. The van der Waals surface area contributed by atoms with Crippen molar-refractivity contribution in [2.24, 2.45) is 0 Å². The van der Waals surface area contributed by atoms with Crippen LogP contribution in [0.15, 0.2) is 118 Å². The first-order valence-corrected chi connectivity index (χ1v) is 12.2. The normalized spacial score (nSPS) is 11.4. The van der Waals surface area contributed by atoms with Crippen molar-refractivity contribution in [3.8, 4) is 22.3 Å². The van der Waals surface area contributed by atoms with Crippen molar-refractivity contribution in [2.75, 3.05) is 0 Å². The fourth-order valence-electron chi connectivity index (χ4n) is 4.58. The summed E-state index contributed by atoms with van der Waals surface area (Å²) in [5, 5.41) is 7.53. The summed E-state index contributed by atoms with van der Waals surface area (Å²) < 4.78 is 2.21. The van der Waals surface area contributed by atoms with Gasteiger partial charge in [0.25, 0.3) is 0 Å². The smallest absolute Gasteiger partial charge is 0.0181 e. The number of benzene rings is 6. The summed E-state index contributed by atoms with van der Waals surface area (Å²) in [6, 6.07) is 39.6. The van der Waals surface area contributed by atoms with Crippen LogP contribution in [0.2, 0.25) is 0 Å². The lowest BCUT2D eigenvalue weighted by Crippen LogP contribution is -1.86. The third-order valence-corrected chi connectivity index (χ3v) is 7.14. The summed E-state index contributed by atoms with van der Waals surface area (Å²) in [5.41, 5.74) is 5.01. The molecule has 0 aliphatic rings. The largest absolute Gasteiger partial charge is 0.0610 e. The van der Waals surface area contributed by atoms with Crippen LogP contribution in [0, 0.1) is 0 Å². The average Bonchev–Trinajstić information content (AvgIpc) is 2.82. The minimum atomic E-state index is 1.11. The van der Waals surface area contributed by atoms with E-state index in [2.05, 4.69) is 141 Å². The Morgan fingerprint density at radius 2 is 0.781 bits per heavy atom. The molecule has 0 spiro atoms. The highest BCUT2D eigenvalue weighted by molar-refractivity contribution is 9.10. The molecule has 0 heterocycles. The van der Waals surface area contributed by atoms with Crippen molar-refractivity contribution in [1.29, 1.82) is 0 Å². The van der Waals surface area contributed by atoms with E-state index in [9.17, 15) is 0 Å². The maximum atomic E-state index is 3.57. The highest BCUT2D eigenvalue weighted by Gasteiger charge is 2.10. The first-order valence-electron chi connectivity index (χ1n) is 10.6. The van der Waals surface area contributed by atoms with Crippen LogP contribution >= 0.6 is 31.9 Å². The van der Waals surface area contributed by atoms with Crippen LogP contribution < -0.4 is 0 Å². The average molecular weight is 538 g/mol. The molecular weight excluding hydrogens is 520 g/mol. The highest BCUT2D eigenvalue weighted by Crippen LogP contribution is 2.37. The van der Waals surface area contributed by atoms with E-state index in [-0.39, 0.29) is 0 Å². The predicted molar refractivity (Wildman–Crippen MR) is 145 cm³/mol. The number of fused-ring (bicyclic) bond motifs is 3. The van der Waals surface area contributed by atoms with Gasteiger partial charge >= 0.3 is 0 Å². The Labute approximate surface area is 203 Å². The third-order valence-electron chi connectivity index (χ3n) is 6.15. The maximum absolute atomic E-state index is 3.57. The van der Waals surface area contributed by atoms with Crippen molar-refractivity contribution >= 4 is 64.2 Å². The van der Waals surface area contributed by atoms with E-state index in [1.165, 1.54) is 54.6 Å². The number of rotatable bonds is 2. The van der Waals surface area contributed by atoms with Crippen LogP contribution in [0.5, 0.6) is 0 Å². The quantitative estimate of drug-likeness (QED) is 0.206. The standard InChI is InChI=1S/C30H18Br2/c31-25-13-11-19-15-23(9-7-21(19)17-25)27-3-1-5-29-28(4-2-6-30(27)29)24-10-8-22-18-26(32)14-12-20(22)16-24/h1-18H. The van der Waals surface area contributed by atoms with E-state index in [0.717, 1.165) is 8.95 Å². The molecule has 0 fully saturated rings. The predicted octanol–water partition coefficient (Wildman–Crippen LogP) is 10.0. The lowest BCUT2D eigenvalue weighted by molar-refractivity contribution is 1.65. The Bertz CT molecular complexity index is 1520. The second-order valence-electron chi connectivity index (χ2n) is 8.12. The molecule has 0 saturated carbocycles. The zero-order valence-electron chi connectivity index (χ0n) is 17.1. The monoisotopic (exact) mass is 536 g/mol. The van der Waals surface area contributed by atoms with Gasteiger partial charge in [-0.05, 0) is 91.0 Å². The fraction of sp³-hybridized carbons (Fsp3) is 0. The molecule has 0 atom stereocenters. The molecule has 6 aromatic carbocycles. The van der Waals surface area contributed by atoms with Crippen LogP contribution in [0.3, 0.4) is 0 Å². The SMILES string of the molecule is Brc1ccc2cc(-c3cccc4c(-c5ccc6cc(Br)ccc6c5)cccc34)ccc2c1. The Hall–Kier alpha value is -2.94. The lowest BCUT2D eigenvalue weighted by atomic mass is 9.91. The van der Waals surface area contributed by atoms with Crippen LogP contribution in [0.25, 0.3) is 54.6 Å². The van der Waals surface area contributed by atoms with Crippen molar-refractivity contribution in [3.63, 3.8) is 0 Å². The van der Waals surface area contributed by atoms with Crippen molar-refractivity contribution in [2.45, 2.75) is 0 Å². The van der Waals surface area contributed by atoms with Gasteiger partial charge in [-0.15, -0.1) is 0 Å². The minimum absolute atomic E-state index is 1.11. The van der Waals surface area contributed by atoms with E-state index in [1.54, 1.807) is 0 Å². The van der Waals surface area contributed by atoms with E-state index >= 15 is 0 Å². The first kappa shape index (κ1) is 19.7. The third kappa shape index (κ3) is 3.44. The Morgan fingerprint density at radius 3 is 1.25 bits per heavy atom.